The third-order valence-electron chi connectivity index (χ3n) is 4.20. The van der Waals surface area contributed by atoms with Crippen LogP contribution in [0.1, 0.15) is 29.8 Å². The fraction of sp³-hybridized carbons (Fsp3) is 0.500. The molecule has 3 rings (SSSR count). The van der Waals surface area contributed by atoms with E-state index in [1.807, 2.05) is 18.7 Å². The lowest BCUT2D eigenvalue weighted by Gasteiger charge is -2.17. The van der Waals surface area contributed by atoms with Gasteiger partial charge in [0, 0.05) is 37.3 Å². The molecule has 1 aliphatic heterocycles. The van der Waals surface area contributed by atoms with Crippen molar-refractivity contribution in [1.29, 1.82) is 0 Å². The highest BCUT2D eigenvalue weighted by Crippen LogP contribution is 2.18. The summed E-state index contributed by atoms with van der Waals surface area (Å²) in [7, 11) is 0. The number of likely N-dealkylation sites (tertiary alicyclic amines) is 1. The first-order valence-corrected chi connectivity index (χ1v) is 7.86. The predicted octanol–water partition coefficient (Wildman–Crippen LogP) is 1.43. The average molecular weight is 315 g/mol. The summed E-state index contributed by atoms with van der Waals surface area (Å²) in [6.45, 7) is 5.29. The highest BCUT2D eigenvalue weighted by atomic mass is 16.5. The minimum Gasteiger partial charge on any atom is -0.471 e. The second kappa shape index (κ2) is 6.76. The number of rotatable bonds is 5. The molecule has 0 bridgehead atoms. The first-order valence-electron chi connectivity index (χ1n) is 7.86. The fourth-order valence-electron chi connectivity index (χ4n) is 2.90. The Labute approximate surface area is 135 Å². The number of carbonyl (C=O) groups is 1. The molecule has 0 spiro atoms. The molecule has 0 saturated carbocycles. The van der Waals surface area contributed by atoms with E-state index < -0.39 is 0 Å². The van der Waals surface area contributed by atoms with Gasteiger partial charge in [0.05, 0.1) is 12.2 Å². The van der Waals surface area contributed by atoms with Gasteiger partial charge < -0.3 is 9.64 Å². The number of nitrogens with one attached hydrogen (secondary N) is 1. The highest BCUT2D eigenvalue weighted by Gasteiger charge is 2.27. The lowest BCUT2D eigenvalue weighted by atomic mass is 10.1. The summed E-state index contributed by atoms with van der Waals surface area (Å²) in [6, 6.07) is 3.57. The largest absolute Gasteiger partial charge is 0.471 e. The molecule has 1 fully saturated rings. The molecule has 23 heavy (non-hydrogen) atoms. The minimum atomic E-state index is -0.00644. The van der Waals surface area contributed by atoms with Gasteiger partial charge in [0.2, 0.25) is 11.8 Å². The van der Waals surface area contributed by atoms with E-state index in [4.69, 9.17) is 4.74 Å². The molecule has 1 atom stereocenters. The summed E-state index contributed by atoms with van der Waals surface area (Å²) < 4.78 is 5.76. The molecule has 2 aromatic rings. The number of nitrogens with zero attached hydrogens (tertiary/aromatic N) is 4. The van der Waals surface area contributed by atoms with E-state index >= 15 is 0 Å². The molecule has 122 valence electrons. The van der Waals surface area contributed by atoms with Gasteiger partial charge in [-0.25, -0.2) is 0 Å². The zero-order valence-corrected chi connectivity index (χ0v) is 13.5. The Morgan fingerprint density at radius 2 is 2.35 bits per heavy atom. The van der Waals surface area contributed by atoms with Crippen LogP contribution in [0.2, 0.25) is 0 Å². The van der Waals surface area contributed by atoms with E-state index in [0.717, 1.165) is 36.3 Å². The Kier molecular flexibility index (Phi) is 4.55. The monoisotopic (exact) mass is 315 g/mol. The third-order valence-corrected chi connectivity index (χ3v) is 4.20. The van der Waals surface area contributed by atoms with Crippen molar-refractivity contribution in [3.63, 3.8) is 0 Å². The van der Waals surface area contributed by atoms with Crippen molar-refractivity contribution in [1.82, 2.24) is 25.3 Å². The van der Waals surface area contributed by atoms with E-state index in [-0.39, 0.29) is 12.0 Å². The Morgan fingerprint density at radius 3 is 3.04 bits per heavy atom. The van der Waals surface area contributed by atoms with Crippen LogP contribution in [0.15, 0.2) is 18.3 Å². The highest BCUT2D eigenvalue weighted by molar-refractivity contribution is 5.76. The summed E-state index contributed by atoms with van der Waals surface area (Å²) >= 11 is 0. The topological polar surface area (TPSA) is 84.0 Å². The molecule has 1 N–H and O–H groups in total. The number of H-pyrrole nitrogens is 1. The third kappa shape index (κ3) is 3.67. The van der Waals surface area contributed by atoms with Crippen molar-refractivity contribution >= 4 is 5.91 Å². The number of ether oxygens (including phenoxy) is 1. The lowest BCUT2D eigenvalue weighted by Crippen LogP contribution is -2.31. The number of hydrogen-bond acceptors (Lipinski definition) is 5. The van der Waals surface area contributed by atoms with E-state index in [1.54, 1.807) is 18.3 Å². The van der Waals surface area contributed by atoms with Gasteiger partial charge in [0.15, 0.2) is 0 Å². The maximum Gasteiger partial charge on any atom is 0.233 e. The van der Waals surface area contributed by atoms with Crippen molar-refractivity contribution in [3.8, 4) is 5.88 Å². The molecule has 2 aromatic heterocycles. The number of amides is 1. The lowest BCUT2D eigenvalue weighted by molar-refractivity contribution is -0.130. The quantitative estimate of drug-likeness (QED) is 0.902. The molecule has 3 heterocycles. The average Bonchev–Trinajstić information content (AvgIpc) is 3.14. The summed E-state index contributed by atoms with van der Waals surface area (Å²) in [5.74, 6) is 0.673. The summed E-state index contributed by atoms with van der Waals surface area (Å²) in [4.78, 5) is 14.2. The van der Waals surface area contributed by atoms with Gasteiger partial charge in [0.25, 0.3) is 0 Å². The SMILES string of the molecule is Cc1n[nH]c(C)c1CCC(=O)N1CC[C@H](Oc2cccnn2)C1. The zero-order chi connectivity index (χ0) is 16.2. The summed E-state index contributed by atoms with van der Waals surface area (Å²) in [5.41, 5.74) is 3.16. The smallest absolute Gasteiger partial charge is 0.233 e. The van der Waals surface area contributed by atoms with E-state index in [1.165, 1.54) is 0 Å². The number of aromatic nitrogens is 4. The van der Waals surface area contributed by atoms with Gasteiger partial charge in [-0.1, -0.05) is 0 Å². The van der Waals surface area contributed by atoms with Crippen LogP contribution in [0.3, 0.4) is 0 Å². The van der Waals surface area contributed by atoms with Crippen molar-refractivity contribution in [3.05, 3.63) is 35.3 Å². The van der Waals surface area contributed by atoms with Gasteiger partial charge in [0.1, 0.15) is 6.10 Å². The van der Waals surface area contributed by atoms with Crippen molar-refractivity contribution in [2.75, 3.05) is 13.1 Å². The van der Waals surface area contributed by atoms with E-state index in [9.17, 15) is 4.79 Å². The van der Waals surface area contributed by atoms with Gasteiger partial charge in [-0.05, 0) is 31.9 Å². The van der Waals surface area contributed by atoms with Crippen molar-refractivity contribution < 1.29 is 9.53 Å². The minimum absolute atomic E-state index is 0.00644. The number of carbonyl (C=O) groups excluding carboxylic acids is 1. The van der Waals surface area contributed by atoms with Crippen LogP contribution in [0.5, 0.6) is 5.88 Å². The van der Waals surface area contributed by atoms with Crippen LogP contribution < -0.4 is 4.74 Å². The molecule has 0 aromatic carbocycles. The first kappa shape index (κ1) is 15.5. The second-order valence-corrected chi connectivity index (χ2v) is 5.84. The van der Waals surface area contributed by atoms with Crippen molar-refractivity contribution in [2.45, 2.75) is 39.2 Å². The Balaban J connectivity index is 1.49. The Bertz CT molecular complexity index is 651. The van der Waals surface area contributed by atoms with E-state index in [2.05, 4.69) is 20.4 Å². The molecule has 0 aliphatic carbocycles. The van der Waals surface area contributed by atoms with Crippen LogP contribution >= 0.6 is 0 Å². The summed E-state index contributed by atoms with van der Waals surface area (Å²) in [6.07, 6.45) is 3.65. The normalized spacial score (nSPS) is 17.5. The standard InChI is InChI=1S/C16H21N5O2/c1-11-14(12(2)19-18-11)5-6-16(22)21-9-7-13(10-21)23-15-4-3-8-17-20-15/h3-4,8,13H,5-7,9-10H2,1-2H3,(H,18,19)/t13-/m0/s1. The van der Waals surface area contributed by atoms with Crippen LogP contribution in [0.4, 0.5) is 0 Å². The Morgan fingerprint density at radius 1 is 1.48 bits per heavy atom. The first-order chi connectivity index (χ1) is 11.1. The maximum atomic E-state index is 12.4. The molecule has 1 aliphatic rings. The molecule has 1 saturated heterocycles. The van der Waals surface area contributed by atoms with Crippen molar-refractivity contribution in [2.24, 2.45) is 0 Å². The van der Waals surface area contributed by atoms with Gasteiger partial charge >= 0.3 is 0 Å². The molecular formula is C16H21N5O2. The van der Waals surface area contributed by atoms with Crippen LogP contribution in [0.25, 0.3) is 0 Å². The van der Waals surface area contributed by atoms with E-state index in [0.29, 0.717) is 18.8 Å². The molecule has 7 heteroatoms. The summed E-state index contributed by atoms with van der Waals surface area (Å²) in [5, 5.41) is 14.8. The number of aromatic amines is 1. The van der Waals surface area contributed by atoms with Gasteiger partial charge in [-0.15, -0.1) is 5.10 Å². The predicted molar refractivity (Wildman–Crippen MR) is 84.0 cm³/mol. The van der Waals surface area contributed by atoms with Gasteiger partial charge in [-0.2, -0.15) is 10.2 Å². The molecular weight excluding hydrogens is 294 g/mol. The van der Waals surface area contributed by atoms with Crippen LogP contribution in [0, 0.1) is 13.8 Å². The molecule has 0 unspecified atom stereocenters. The number of aryl methyl sites for hydroxylation is 2. The maximum absolute atomic E-state index is 12.4. The Hall–Kier alpha value is -2.44. The van der Waals surface area contributed by atoms with Crippen LogP contribution in [-0.2, 0) is 11.2 Å². The molecule has 7 nitrogen and oxygen atoms in total. The number of hydrogen-bond donors (Lipinski definition) is 1. The van der Waals surface area contributed by atoms with Crippen LogP contribution in [-0.4, -0.2) is 50.4 Å². The second-order valence-electron chi connectivity index (χ2n) is 5.84. The molecule has 1 amide bonds. The zero-order valence-electron chi connectivity index (χ0n) is 13.5. The van der Waals surface area contributed by atoms with Gasteiger partial charge in [-0.3, -0.25) is 9.89 Å². The fourth-order valence-corrected chi connectivity index (χ4v) is 2.90. The molecule has 0 radical (unpaired) electrons.